The van der Waals surface area contributed by atoms with Crippen LogP contribution in [0.5, 0.6) is 0 Å². The van der Waals surface area contributed by atoms with Gasteiger partial charge in [0.15, 0.2) is 9.84 Å². The zero-order valence-corrected chi connectivity index (χ0v) is 12.4. The minimum atomic E-state index is -2.85. The first-order chi connectivity index (χ1) is 9.00. The van der Waals surface area contributed by atoms with Gasteiger partial charge in [-0.15, -0.1) is 11.3 Å². The van der Waals surface area contributed by atoms with Crippen LogP contribution in [-0.2, 0) is 16.4 Å². The van der Waals surface area contributed by atoms with E-state index in [4.69, 9.17) is 5.11 Å². The molecule has 1 atom stereocenters. The van der Waals surface area contributed by atoms with Crippen LogP contribution in [0.2, 0.25) is 0 Å². The van der Waals surface area contributed by atoms with Crippen molar-refractivity contribution in [2.45, 2.75) is 19.5 Å². The van der Waals surface area contributed by atoms with Gasteiger partial charge in [-0.3, -0.25) is 4.90 Å². The molecule has 6 heteroatoms. The molecule has 19 heavy (non-hydrogen) atoms. The lowest BCUT2D eigenvalue weighted by molar-refractivity contribution is 0.220. The molecule has 0 aliphatic carbocycles. The van der Waals surface area contributed by atoms with Gasteiger partial charge in [0.05, 0.1) is 11.5 Å². The van der Waals surface area contributed by atoms with Crippen molar-refractivity contribution in [3.63, 3.8) is 0 Å². The van der Waals surface area contributed by atoms with Crippen molar-refractivity contribution in [2.24, 2.45) is 0 Å². The number of hydrogen-bond donors (Lipinski definition) is 1. The lowest BCUT2D eigenvalue weighted by atomic mass is 10.2. The molecule has 2 rings (SSSR count). The number of hydrogen-bond acceptors (Lipinski definition) is 5. The molecular weight excluding hydrogens is 282 g/mol. The first-order valence-electron chi connectivity index (χ1n) is 6.12. The Morgan fingerprint density at radius 1 is 1.58 bits per heavy atom. The fourth-order valence-corrected chi connectivity index (χ4v) is 4.60. The lowest BCUT2D eigenvalue weighted by Gasteiger charge is -2.32. The fourth-order valence-electron chi connectivity index (χ4n) is 2.14. The van der Waals surface area contributed by atoms with E-state index < -0.39 is 9.84 Å². The Labute approximate surface area is 118 Å². The Bertz CT molecular complexity index is 595. The molecule has 1 aromatic rings. The van der Waals surface area contributed by atoms with E-state index in [1.165, 1.54) is 4.88 Å². The highest BCUT2D eigenvalue weighted by Gasteiger charge is 2.28. The van der Waals surface area contributed by atoms with Gasteiger partial charge < -0.3 is 5.11 Å². The quantitative estimate of drug-likeness (QED) is 0.817. The van der Waals surface area contributed by atoms with Crippen molar-refractivity contribution in [3.05, 3.63) is 21.9 Å². The van der Waals surface area contributed by atoms with E-state index in [-0.39, 0.29) is 24.2 Å². The number of aliphatic hydroxyl groups is 1. The number of rotatable bonds is 2. The van der Waals surface area contributed by atoms with E-state index in [0.29, 0.717) is 6.54 Å². The van der Waals surface area contributed by atoms with Crippen molar-refractivity contribution in [2.75, 3.05) is 24.7 Å². The topological polar surface area (TPSA) is 57.6 Å². The predicted molar refractivity (Wildman–Crippen MR) is 76.8 cm³/mol. The molecule has 4 nitrogen and oxygen atoms in total. The van der Waals surface area contributed by atoms with Crippen molar-refractivity contribution < 1.29 is 13.5 Å². The predicted octanol–water partition coefficient (Wildman–Crippen LogP) is 0.711. The van der Waals surface area contributed by atoms with E-state index in [0.717, 1.165) is 12.1 Å². The maximum absolute atomic E-state index is 11.5. The van der Waals surface area contributed by atoms with Gasteiger partial charge in [0.1, 0.15) is 6.61 Å². The van der Waals surface area contributed by atoms with Gasteiger partial charge in [-0.05, 0) is 13.0 Å². The minimum absolute atomic E-state index is 0.0628. The Morgan fingerprint density at radius 2 is 2.37 bits per heavy atom. The molecule has 0 bridgehead atoms. The van der Waals surface area contributed by atoms with Gasteiger partial charge in [-0.2, -0.15) is 0 Å². The van der Waals surface area contributed by atoms with Crippen molar-refractivity contribution in [1.29, 1.82) is 0 Å². The van der Waals surface area contributed by atoms with Crippen LogP contribution < -0.4 is 0 Å². The normalized spacial score (nSPS) is 22.7. The Balaban J connectivity index is 2.00. The molecule has 0 radical (unpaired) electrons. The molecule has 0 amide bonds. The number of aliphatic hydroxyl groups excluding tert-OH is 1. The molecule has 2 heterocycles. The third kappa shape index (κ3) is 4.05. The average Bonchev–Trinajstić information content (AvgIpc) is 2.77. The van der Waals surface area contributed by atoms with Gasteiger partial charge in [-0.1, -0.05) is 11.8 Å². The van der Waals surface area contributed by atoms with Crippen molar-refractivity contribution >= 4 is 21.2 Å². The molecule has 1 saturated heterocycles. The highest BCUT2D eigenvalue weighted by Crippen LogP contribution is 2.20. The molecule has 1 aliphatic rings. The molecule has 1 aliphatic heterocycles. The average molecular weight is 299 g/mol. The molecular formula is C13H17NO3S2. The largest absolute Gasteiger partial charge is 0.384 e. The van der Waals surface area contributed by atoms with E-state index in [2.05, 4.69) is 16.7 Å². The van der Waals surface area contributed by atoms with Crippen LogP contribution >= 0.6 is 11.3 Å². The van der Waals surface area contributed by atoms with Gasteiger partial charge in [-0.25, -0.2) is 8.42 Å². The number of nitrogens with zero attached hydrogens (tertiary/aromatic N) is 1. The van der Waals surface area contributed by atoms with E-state index in [9.17, 15) is 8.42 Å². The Morgan fingerprint density at radius 3 is 3.05 bits per heavy atom. The highest BCUT2D eigenvalue weighted by molar-refractivity contribution is 7.91. The summed E-state index contributed by atoms with van der Waals surface area (Å²) in [4.78, 5) is 3.37. The van der Waals surface area contributed by atoms with Crippen LogP contribution in [0.1, 0.15) is 17.4 Å². The van der Waals surface area contributed by atoms with Gasteiger partial charge in [0.25, 0.3) is 0 Å². The molecule has 1 N–H and O–H groups in total. The summed E-state index contributed by atoms with van der Waals surface area (Å²) in [6.07, 6.45) is 0. The van der Waals surface area contributed by atoms with Crippen LogP contribution in [0.3, 0.4) is 0 Å². The summed E-state index contributed by atoms with van der Waals surface area (Å²) < 4.78 is 23.0. The SMILES string of the molecule is CC1CS(=O)(=O)CCN1Cc1cc(C#CCO)cs1. The van der Waals surface area contributed by atoms with Crippen molar-refractivity contribution in [3.8, 4) is 11.8 Å². The summed E-state index contributed by atoms with van der Waals surface area (Å²) >= 11 is 1.62. The summed E-state index contributed by atoms with van der Waals surface area (Å²) in [6, 6.07) is 2.07. The van der Waals surface area contributed by atoms with Crippen LogP contribution in [0, 0.1) is 11.8 Å². The lowest BCUT2D eigenvalue weighted by Crippen LogP contribution is -2.46. The molecule has 0 saturated carbocycles. The number of thiophene rings is 1. The summed E-state index contributed by atoms with van der Waals surface area (Å²) in [6.45, 7) is 3.18. The van der Waals surface area contributed by atoms with Crippen LogP contribution in [0.15, 0.2) is 11.4 Å². The molecule has 1 fully saturated rings. The van der Waals surface area contributed by atoms with Crippen LogP contribution in [0.4, 0.5) is 0 Å². The molecule has 104 valence electrons. The zero-order valence-electron chi connectivity index (χ0n) is 10.8. The smallest absolute Gasteiger partial charge is 0.153 e. The monoisotopic (exact) mass is 299 g/mol. The standard InChI is InChI=1S/C13H17NO3S2/c1-11-10-19(16,17)6-4-14(11)8-13-7-12(9-18-13)3-2-5-15/h7,9,11,15H,4-6,8,10H2,1H3. The summed E-state index contributed by atoms with van der Waals surface area (Å²) in [7, 11) is -2.85. The zero-order chi connectivity index (χ0) is 13.9. The third-order valence-electron chi connectivity index (χ3n) is 3.13. The molecule has 1 aromatic heterocycles. The molecule has 0 spiro atoms. The van der Waals surface area contributed by atoms with E-state index in [1.54, 1.807) is 11.3 Å². The second-order valence-electron chi connectivity index (χ2n) is 4.70. The van der Waals surface area contributed by atoms with Crippen molar-refractivity contribution in [1.82, 2.24) is 4.90 Å². The summed E-state index contributed by atoms with van der Waals surface area (Å²) in [5.74, 6) is 5.99. The second kappa shape index (κ2) is 6.06. The van der Waals surface area contributed by atoms with Gasteiger partial charge in [0.2, 0.25) is 0 Å². The van der Waals surface area contributed by atoms with Gasteiger partial charge in [0, 0.05) is 35.0 Å². The van der Waals surface area contributed by atoms with E-state index in [1.807, 2.05) is 18.4 Å². The Hall–Kier alpha value is -0.870. The van der Waals surface area contributed by atoms with Crippen LogP contribution in [-0.4, -0.2) is 49.1 Å². The maximum atomic E-state index is 11.5. The first kappa shape index (κ1) is 14.5. The first-order valence-corrected chi connectivity index (χ1v) is 8.82. The maximum Gasteiger partial charge on any atom is 0.153 e. The molecule has 0 aromatic carbocycles. The Kier molecular flexibility index (Phi) is 4.63. The van der Waals surface area contributed by atoms with E-state index >= 15 is 0 Å². The second-order valence-corrected chi connectivity index (χ2v) is 7.92. The van der Waals surface area contributed by atoms with Gasteiger partial charge >= 0.3 is 0 Å². The minimum Gasteiger partial charge on any atom is -0.384 e. The third-order valence-corrected chi connectivity index (χ3v) is 5.85. The fraction of sp³-hybridized carbons (Fsp3) is 0.538. The number of sulfone groups is 1. The summed E-state index contributed by atoms with van der Waals surface area (Å²) in [5.41, 5.74) is 0.909. The van der Waals surface area contributed by atoms with Crippen LogP contribution in [0.25, 0.3) is 0 Å². The highest BCUT2D eigenvalue weighted by atomic mass is 32.2. The summed E-state index contributed by atoms with van der Waals surface area (Å²) in [5, 5.41) is 10.6. The molecule has 1 unspecified atom stereocenters.